The molecule has 0 aromatic rings. The molecule has 1 heterocycles. The molecule has 0 aromatic heterocycles. The van der Waals surface area contributed by atoms with Gasteiger partial charge in [0.05, 0.1) is 0 Å². The van der Waals surface area contributed by atoms with Gasteiger partial charge in [0.2, 0.25) is 0 Å². The van der Waals surface area contributed by atoms with E-state index in [1.165, 1.54) is 51.7 Å². The zero-order valence-corrected chi connectivity index (χ0v) is 8.00. The van der Waals surface area contributed by atoms with Crippen LogP contribution in [0.3, 0.4) is 0 Å². The Hall–Kier alpha value is -0.120. The number of rotatable bonds is 3. The monoisotopic (exact) mass is 175 g/mol. The van der Waals surface area contributed by atoms with Crippen molar-refractivity contribution in [2.75, 3.05) is 19.6 Å². The van der Waals surface area contributed by atoms with E-state index in [-0.39, 0.29) is 0 Å². The van der Waals surface area contributed by atoms with Crippen LogP contribution < -0.4 is 0 Å². The first-order chi connectivity index (χ1) is 5.93. The van der Waals surface area contributed by atoms with E-state index in [1.54, 1.807) is 0 Å². The molecule has 0 unspecified atom stereocenters. The van der Waals surface area contributed by atoms with Crippen molar-refractivity contribution in [1.29, 1.82) is 0 Å². The Kier molecular flexibility index (Phi) is 8.88. The highest BCUT2D eigenvalue weighted by molar-refractivity contribution is 4.63. The molecule has 3 nitrogen and oxygen atoms in total. The molecule has 0 atom stereocenters. The third-order valence-corrected chi connectivity index (χ3v) is 2.28. The fourth-order valence-electron chi connectivity index (χ4n) is 1.56. The zero-order chi connectivity index (χ0) is 9.23. The second kappa shape index (κ2) is 8.97. The molecule has 74 valence electrons. The first-order valence-corrected chi connectivity index (χ1v) is 4.86. The van der Waals surface area contributed by atoms with Gasteiger partial charge in [-0.3, -0.25) is 10.5 Å². The average Bonchev–Trinajstić information content (AvgIpc) is 2.19. The van der Waals surface area contributed by atoms with E-state index in [0.29, 0.717) is 0 Å². The molecular formula is C9H21NO2. The van der Waals surface area contributed by atoms with Crippen molar-refractivity contribution in [3.05, 3.63) is 0 Å². The van der Waals surface area contributed by atoms with Gasteiger partial charge in [-0.15, -0.1) is 0 Å². The lowest BCUT2D eigenvalue weighted by Gasteiger charge is -2.25. The quantitative estimate of drug-likeness (QED) is 0.511. The second-order valence-electron chi connectivity index (χ2n) is 3.26. The summed E-state index contributed by atoms with van der Waals surface area (Å²) in [4.78, 5) is 2.60. The largest absolute Gasteiger partial charge is 0.303 e. The van der Waals surface area contributed by atoms with Crippen LogP contribution in [0.4, 0.5) is 0 Å². The summed E-state index contributed by atoms with van der Waals surface area (Å²) in [5.74, 6) is 0. The van der Waals surface area contributed by atoms with Gasteiger partial charge < -0.3 is 4.90 Å². The summed E-state index contributed by atoms with van der Waals surface area (Å²) in [7, 11) is 0. The van der Waals surface area contributed by atoms with E-state index in [9.17, 15) is 0 Å². The van der Waals surface area contributed by atoms with Crippen molar-refractivity contribution in [2.45, 2.75) is 39.0 Å². The third-order valence-electron chi connectivity index (χ3n) is 2.28. The molecular weight excluding hydrogens is 154 g/mol. The Bertz CT molecular complexity index is 82.6. The fourth-order valence-corrected chi connectivity index (χ4v) is 1.56. The summed E-state index contributed by atoms with van der Waals surface area (Å²) in [5.41, 5.74) is 0. The lowest BCUT2D eigenvalue weighted by Crippen LogP contribution is -2.30. The maximum Gasteiger partial charge on any atom is -0.00187 e. The molecule has 0 aliphatic carbocycles. The van der Waals surface area contributed by atoms with Crippen molar-refractivity contribution in [2.24, 2.45) is 0 Å². The van der Waals surface area contributed by atoms with Crippen molar-refractivity contribution < 1.29 is 10.5 Å². The zero-order valence-electron chi connectivity index (χ0n) is 8.00. The van der Waals surface area contributed by atoms with Crippen LogP contribution in [-0.4, -0.2) is 35.0 Å². The predicted molar refractivity (Wildman–Crippen MR) is 50.5 cm³/mol. The van der Waals surface area contributed by atoms with Crippen LogP contribution in [0.5, 0.6) is 0 Å². The van der Waals surface area contributed by atoms with Crippen LogP contribution in [0.2, 0.25) is 0 Å². The Labute approximate surface area is 74.9 Å². The summed E-state index contributed by atoms with van der Waals surface area (Å²) in [6.45, 7) is 6.33. The minimum absolute atomic E-state index is 1.34. The molecule has 1 aliphatic rings. The van der Waals surface area contributed by atoms with Crippen molar-refractivity contribution in [3.63, 3.8) is 0 Å². The molecule has 0 radical (unpaired) electrons. The van der Waals surface area contributed by atoms with E-state index >= 15 is 0 Å². The van der Waals surface area contributed by atoms with Gasteiger partial charge in [0.15, 0.2) is 0 Å². The summed E-state index contributed by atoms with van der Waals surface area (Å²) >= 11 is 0. The second-order valence-corrected chi connectivity index (χ2v) is 3.26. The SMILES string of the molecule is CCCCN1CCCCC1.OO. The summed E-state index contributed by atoms with van der Waals surface area (Å²) in [6.07, 6.45) is 7.06. The van der Waals surface area contributed by atoms with E-state index < -0.39 is 0 Å². The highest BCUT2D eigenvalue weighted by Gasteiger charge is 2.07. The number of likely N-dealkylation sites (tertiary alicyclic amines) is 1. The Morgan fingerprint density at radius 2 is 1.67 bits per heavy atom. The molecule has 1 saturated heterocycles. The number of hydrogen-bond acceptors (Lipinski definition) is 3. The molecule has 0 saturated carbocycles. The Balaban J connectivity index is 0.000000561. The van der Waals surface area contributed by atoms with Crippen LogP contribution in [0.15, 0.2) is 0 Å². The molecule has 0 bridgehead atoms. The van der Waals surface area contributed by atoms with Crippen LogP contribution in [0.25, 0.3) is 0 Å². The van der Waals surface area contributed by atoms with Crippen LogP contribution in [0.1, 0.15) is 39.0 Å². The number of nitrogens with zero attached hydrogens (tertiary/aromatic N) is 1. The van der Waals surface area contributed by atoms with Crippen LogP contribution in [-0.2, 0) is 0 Å². The maximum absolute atomic E-state index is 6.00. The van der Waals surface area contributed by atoms with E-state index in [1.807, 2.05) is 0 Å². The highest BCUT2D eigenvalue weighted by atomic mass is 17.0. The minimum atomic E-state index is 1.34. The third kappa shape index (κ3) is 5.52. The summed E-state index contributed by atoms with van der Waals surface area (Å²) < 4.78 is 0. The van der Waals surface area contributed by atoms with Gasteiger partial charge in [0, 0.05) is 0 Å². The fraction of sp³-hybridized carbons (Fsp3) is 1.00. The minimum Gasteiger partial charge on any atom is -0.303 e. The van der Waals surface area contributed by atoms with Crippen LogP contribution >= 0.6 is 0 Å². The molecule has 1 rings (SSSR count). The predicted octanol–water partition coefficient (Wildman–Crippen LogP) is 2.29. The van der Waals surface area contributed by atoms with Crippen molar-refractivity contribution >= 4 is 0 Å². The number of piperidine rings is 1. The molecule has 0 spiro atoms. The molecule has 0 amide bonds. The Morgan fingerprint density at radius 1 is 1.08 bits per heavy atom. The first-order valence-electron chi connectivity index (χ1n) is 4.86. The van der Waals surface area contributed by atoms with Gasteiger partial charge >= 0.3 is 0 Å². The van der Waals surface area contributed by atoms with Gasteiger partial charge in [-0.1, -0.05) is 19.8 Å². The van der Waals surface area contributed by atoms with Gasteiger partial charge in [-0.05, 0) is 38.9 Å². The standard InChI is InChI=1S/C9H19N.H2O2/c1-2-3-7-10-8-5-4-6-9-10;1-2/h2-9H2,1H3;1-2H. The lowest BCUT2D eigenvalue weighted by atomic mass is 10.1. The normalized spacial score (nSPS) is 18.2. The van der Waals surface area contributed by atoms with E-state index in [4.69, 9.17) is 10.5 Å². The highest BCUT2D eigenvalue weighted by Crippen LogP contribution is 2.08. The smallest absolute Gasteiger partial charge is 0.00187 e. The molecule has 3 heteroatoms. The number of unbranched alkanes of at least 4 members (excludes halogenated alkanes) is 1. The number of hydrogen-bond donors (Lipinski definition) is 2. The maximum atomic E-state index is 6.00. The molecule has 12 heavy (non-hydrogen) atoms. The van der Waals surface area contributed by atoms with Gasteiger partial charge in [0.1, 0.15) is 0 Å². The lowest BCUT2D eigenvalue weighted by molar-refractivity contribution is -0.176. The van der Waals surface area contributed by atoms with Crippen molar-refractivity contribution in [1.82, 2.24) is 4.90 Å². The van der Waals surface area contributed by atoms with E-state index in [0.717, 1.165) is 0 Å². The molecule has 0 aromatic carbocycles. The molecule has 1 fully saturated rings. The topological polar surface area (TPSA) is 43.7 Å². The van der Waals surface area contributed by atoms with Gasteiger partial charge in [-0.25, -0.2) is 0 Å². The first kappa shape index (κ1) is 11.9. The Morgan fingerprint density at radius 3 is 2.17 bits per heavy atom. The average molecular weight is 175 g/mol. The van der Waals surface area contributed by atoms with Gasteiger partial charge in [0.25, 0.3) is 0 Å². The molecule has 1 aliphatic heterocycles. The van der Waals surface area contributed by atoms with Gasteiger partial charge in [-0.2, -0.15) is 0 Å². The summed E-state index contributed by atoms with van der Waals surface area (Å²) in [5, 5.41) is 12.0. The summed E-state index contributed by atoms with van der Waals surface area (Å²) in [6, 6.07) is 0. The van der Waals surface area contributed by atoms with Crippen LogP contribution in [0, 0.1) is 0 Å². The van der Waals surface area contributed by atoms with Crippen molar-refractivity contribution in [3.8, 4) is 0 Å². The molecule has 2 N–H and O–H groups in total. The van der Waals surface area contributed by atoms with E-state index in [2.05, 4.69) is 11.8 Å².